The number of aromatic nitrogens is 1. The summed E-state index contributed by atoms with van der Waals surface area (Å²) in [6.07, 6.45) is 6.08. The summed E-state index contributed by atoms with van der Waals surface area (Å²) in [5, 5.41) is 2.51. The molecule has 1 aliphatic heterocycles. The van der Waals surface area contributed by atoms with Crippen LogP contribution in [0.2, 0.25) is 0 Å². The van der Waals surface area contributed by atoms with E-state index in [9.17, 15) is 0 Å². The quantitative estimate of drug-likeness (QED) is 0.726. The molecule has 1 aromatic heterocycles. The third-order valence-electron chi connectivity index (χ3n) is 3.36. The van der Waals surface area contributed by atoms with E-state index in [-0.39, 0.29) is 0 Å². The highest BCUT2D eigenvalue weighted by Crippen LogP contribution is 2.28. The maximum atomic E-state index is 5.40. The van der Waals surface area contributed by atoms with E-state index in [2.05, 4.69) is 29.2 Å². The fourth-order valence-electron chi connectivity index (χ4n) is 2.39. The highest BCUT2D eigenvalue weighted by atomic mass is 16.5. The minimum Gasteiger partial charge on any atom is -0.381 e. The molecule has 0 bridgehead atoms. The zero-order valence-electron chi connectivity index (χ0n) is 9.23. The lowest BCUT2D eigenvalue weighted by Crippen LogP contribution is -2.13. The molecular formula is C14H15NO. The van der Waals surface area contributed by atoms with Crippen molar-refractivity contribution in [3.63, 3.8) is 0 Å². The lowest BCUT2D eigenvalue weighted by molar-refractivity contribution is 0.0853. The van der Waals surface area contributed by atoms with Crippen LogP contribution in [-0.4, -0.2) is 18.2 Å². The molecule has 0 amide bonds. The number of pyridine rings is 1. The Morgan fingerprint density at radius 2 is 1.94 bits per heavy atom. The Morgan fingerprint density at radius 1 is 1.06 bits per heavy atom. The second-order valence-electron chi connectivity index (χ2n) is 4.37. The van der Waals surface area contributed by atoms with Crippen molar-refractivity contribution < 1.29 is 4.74 Å². The molecule has 2 heterocycles. The molecule has 0 atom stereocenters. The van der Waals surface area contributed by atoms with Crippen LogP contribution in [0.5, 0.6) is 0 Å². The lowest BCUT2D eigenvalue weighted by Gasteiger charge is -2.22. The molecule has 0 aliphatic carbocycles. The molecule has 2 nitrogen and oxygen atoms in total. The van der Waals surface area contributed by atoms with Gasteiger partial charge in [-0.3, -0.25) is 4.98 Å². The maximum Gasteiger partial charge on any atom is 0.0471 e. The summed E-state index contributed by atoms with van der Waals surface area (Å²) in [5.74, 6) is 0.673. The molecule has 1 saturated heterocycles. The molecule has 3 rings (SSSR count). The van der Waals surface area contributed by atoms with Crippen LogP contribution in [0.1, 0.15) is 24.3 Å². The topological polar surface area (TPSA) is 22.1 Å². The van der Waals surface area contributed by atoms with Crippen molar-refractivity contribution in [3.8, 4) is 0 Å². The van der Waals surface area contributed by atoms with Gasteiger partial charge in [0, 0.05) is 31.0 Å². The highest BCUT2D eigenvalue weighted by molar-refractivity contribution is 5.82. The third-order valence-corrected chi connectivity index (χ3v) is 3.36. The monoisotopic (exact) mass is 213 g/mol. The molecule has 2 heteroatoms. The second kappa shape index (κ2) is 4.22. The van der Waals surface area contributed by atoms with Gasteiger partial charge in [-0.15, -0.1) is 0 Å². The molecule has 0 radical (unpaired) electrons. The van der Waals surface area contributed by atoms with Crippen LogP contribution < -0.4 is 0 Å². The number of ether oxygens (including phenoxy) is 1. The molecule has 1 aromatic carbocycles. The number of fused-ring (bicyclic) bond motifs is 1. The number of nitrogens with zero attached hydrogens (tertiary/aromatic N) is 1. The maximum absolute atomic E-state index is 5.40. The normalized spacial score (nSPS) is 17.8. The third kappa shape index (κ3) is 1.81. The molecule has 82 valence electrons. The SMILES string of the molecule is c1cc2cc(C3CCOCC3)ccc2cn1. The van der Waals surface area contributed by atoms with Crippen molar-refractivity contribution >= 4 is 10.8 Å². The van der Waals surface area contributed by atoms with Crippen molar-refractivity contribution in [2.75, 3.05) is 13.2 Å². The first-order valence-corrected chi connectivity index (χ1v) is 5.85. The van der Waals surface area contributed by atoms with E-state index >= 15 is 0 Å². The molecular weight excluding hydrogens is 198 g/mol. The van der Waals surface area contributed by atoms with E-state index in [4.69, 9.17) is 4.74 Å². The van der Waals surface area contributed by atoms with Crippen LogP contribution in [0.3, 0.4) is 0 Å². The Morgan fingerprint density at radius 3 is 2.81 bits per heavy atom. The van der Waals surface area contributed by atoms with Gasteiger partial charge in [0.25, 0.3) is 0 Å². The predicted octanol–water partition coefficient (Wildman–Crippen LogP) is 3.13. The zero-order chi connectivity index (χ0) is 10.8. The van der Waals surface area contributed by atoms with Gasteiger partial charge < -0.3 is 4.74 Å². The number of rotatable bonds is 1. The fraction of sp³-hybridized carbons (Fsp3) is 0.357. The summed E-state index contributed by atoms with van der Waals surface area (Å²) in [6, 6.07) is 8.79. The van der Waals surface area contributed by atoms with Gasteiger partial charge >= 0.3 is 0 Å². The summed E-state index contributed by atoms with van der Waals surface area (Å²) in [4.78, 5) is 4.14. The van der Waals surface area contributed by atoms with Crippen LogP contribution in [0.25, 0.3) is 10.8 Å². The molecule has 1 aliphatic rings. The van der Waals surface area contributed by atoms with E-state index in [1.807, 2.05) is 12.4 Å². The van der Waals surface area contributed by atoms with E-state index in [1.165, 1.54) is 16.3 Å². The van der Waals surface area contributed by atoms with Crippen LogP contribution in [-0.2, 0) is 4.74 Å². The standard InChI is InChI=1S/C14H15NO/c1-2-14-10-15-6-3-13(14)9-12(1)11-4-7-16-8-5-11/h1-3,6,9-11H,4-5,7-8H2. The van der Waals surface area contributed by atoms with E-state index in [1.54, 1.807) is 0 Å². The predicted molar refractivity (Wildman–Crippen MR) is 64.5 cm³/mol. The minimum atomic E-state index is 0.673. The van der Waals surface area contributed by atoms with Gasteiger partial charge in [0.05, 0.1) is 0 Å². The Balaban J connectivity index is 1.97. The Kier molecular flexibility index (Phi) is 2.58. The van der Waals surface area contributed by atoms with Gasteiger partial charge in [-0.2, -0.15) is 0 Å². The van der Waals surface area contributed by atoms with Crippen molar-refractivity contribution in [1.29, 1.82) is 0 Å². The van der Waals surface area contributed by atoms with Crippen LogP contribution in [0.4, 0.5) is 0 Å². The van der Waals surface area contributed by atoms with Gasteiger partial charge in [0.15, 0.2) is 0 Å². The average Bonchev–Trinajstić information content (AvgIpc) is 2.39. The van der Waals surface area contributed by atoms with Gasteiger partial charge in [0.1, 0.15) is 0 Å². The number of benzene rings is 1. The first kappa shape index (κ1) is 9.79. The fourth-order valence-corrected chi connectivity index (χ4v) is 2.39. The van der Waals surface area contributed by atoms with Crippen LogP contribution in [0.15, 0.2) is 36.7 Å². The van der Waals surface area contributed by atoms with Crippen molar-refractivity contribution in [2.45, 2.75) is 18.8 Å². The molecule has 2 aromatic rings. The second-order valence-corrected chi connectivity index (χ2v) is 4.37. The summed E-state index contributed by atoms with van der Waals surface area (Å²) in [7, 11) is 0. The zero-order valence-corrected chi connectivity index (χ0v) is 9.23. The summed E-state index contributed by atoms with van der Waals surface area (Å²) >= 11 is 0. The Hall–Kier alpha value is -1.41. The molecule has 0 spiro atoms. The largest absolute Gasteiger partial charge is 0.381 e. The summed E-state index contributed by atoms with van der Waals surface area (Å²) < 4.78 is 5.40. The molecule has 0 N–H and O–H groups in total. The molecule has 0 saturated carbocycles. The van der Waals surface area contributed by atoms with Gasteiger partial charge in [0.2, 0.25) is 0 Å². The smallest absolute Gasteiger partial charge is 0.0471 e. The minimum absolute atomic E-state index is 0.673. The Labute approximate surface area is 95.3 Å². The van der Waals surface area contributed by atoms with Crippen LogP contribution >= 0.6 is 0 Å². The van der Waals surface area contributed by atoms with Gasteiger partial charge in [-0.05, 0) is 35.8 Å². The van der Waals surface area contributed by atoms with Gasteiger partial charge in [-0.1, -0.05) is 18.2 Å². The van der Waals surface area contributed by atoms with Crippen molar-refractivity contribution in [1.82, 2.24) is 4.98 Å². The highest BCUT2D eigenvalue weighted by Gasteiger charge is 2.15. The van der Waals surface area contributed by atoms with E-state index in [0.717, 1.165) is 26.1 Å². The lowest BCUT2D eigenvalue weighted by atomic mass is 9.90. The first-order valence-electron chi connectivity index (χ1n) is 5.85. The van der Waals surface area contributed by atoms with Crippen LogP contribution in [0, 0.1) is 0 Å². The van der Waals surface area contributed by atoms with E-state index < -0.39 is 0 Å². The molecule has 0 unspecified atom stereocenters. The van der Waals surface area contributed by atoms with Crippen molar-refractivity contribution in [3.05, 3.63) is 42.2 Å². The summed E-state index contributed by atoms with van der Waals surface area (Å²) in [5.41, 5.74) is 1.45. The Bertz CT molecular complexity index is 489. The summed E-state index contributed by atoms with van der Waals surface area (Å²) in [6.45, 7) is 1.80. The number of hydrogen-bond acceptors (Lipinski definition) is 2. The number of hydrogen-bond donors (Lipinski definition) is 0. The molecule has 16 heavy (non-hydrogen) atoms. The van der Waals surface area contributed by atoms with Crippen molar-refractivity contribution in [2.24, 2.45) is 0 Å². The van der Waals surface area contributed by atoms with E-state index in [0.29, 0.717) is 5.92 Å². The average molecular weight is 213 g/mol. The van der Waals surface area contributed by atoms with Gasteiger partial charge in [-0.25, -0.2) is 0 Å². The molecule has 1 fully saturated rings. The first-order chi connectivity index (χ1) is 7.93.